The van der Waals surface area contributed by atoms with Crippen molar-refractivity contribution in [1.29, 1.82) is 0 Å². The molecule has 0 unspecified atom stereocenters. The molecule has 18 heavy (non-hydrogen) atoms. The van der Waals surface area contributed by atoms with E-state index in [4.69, 9.17) is 0 Å². The molecule has 0 nitrogen and oxygen atoms in total. The van der Waals surface area contributed by atoms with Crippen LogP contribution in [0.3, 0.4) is 0 Å². The van der Waals surface area contributed by atoms with E-state index in [1.54, 1.807) is 6.07 Å². The lowest BCUT2D eigenvalue weighted by molar-refractivity contribution is 0.149. The van der Waals surface area contributed by atoms with Gasteiger partial charge in [-0.15, -0.1) is 0 Å². The summed E-state index contributed by atoms with van der Waals surface area (Å²) in [5.41, 5.74) is 3.39. The minimum absolute atomic E-state index is 0.130. The fraction of sp³-hybridized carbons (Fsp3) is 0.625. The van der Waals surface area contributed by atoms with Crippen LogP contribution in [-0.2, 0) is 0 Å². The van der Waals surface area contributed by atoms with E-state index >= 15 is 0 Å². The molecule has 0 amide bonds. The summed E-state index contributed by atoms with van der Waals surface area (Å²) >= 11 is 0. The molecule has 0 aliphatic heterocycles. The van der Waals surface area contributed by atoms with Gasteiger partial charge in [0.25, 0.3) is 6.43 Å². The lowest BCUT2D eigenvalue weighted by Crippen LogP contribution is -2.09. The molecule has 0 N–H and O–H groups in total. The molecule has 1 aromatic rings. The van der Waals surface area contributed by atoms with Gasteiger partial charge in [0.1, 0.15) is 0 Å². The summed E-state index contributed by atoms with van der Waals surface area (Å²) in [5, 5.41) is 0. The highest BCUT2D eigenvalue weighted by Gasteiger charge is 2.23. The predicted molar refractivity (Wildman–Crippen MR) is 73.7 cm³/mol. The maximum Gasteiger partial charge on any atom is 0.264 e. The topological polar surface area (TPSA) is 0 Å². The van der Waals surface area contributed by atoms with Crippen molar-refractivity contribution in [2.24, 2.45) is 0 Å². The average Bonchev–Trinajstić information content (AvgIpc) is 2.26. The molecular weight excluding hydrogens is 230 g/mol. The minimum atomic E-state index is -2.39. The van der Waals surface area contributed by atoms with E-state index in [9.17, 15) is 8.78 Å². The van der Waals surface area contributed by atoms with E-state index < -0.39 is 6.43 Å². The molecule has 0 saturated heterocycles. The van der Waals surface area contributed by atoms with Gasteiger partial charge in [-0.2, -0.15) is 0 Å². The van der Waals surface area contributed by atoms with Crippen LogP contribution in [0.25, 0.3) is 0 Å². The molecule has 1 rings (SSSR count). The molecule has 102 valence electrons. The summed E-state index contributed by atoms with van der Waals surface area (Å²) in [7, 11) is 0. The van der Waals surface area contributed by atoms with Gasteiger partial charge in [-0.3, -0.25) is 0 Å². The Hall–Kier alpha value is -0.920. The quantitative estimate of drug-likeness (QED) is 0.618. The third-order valence-electron chi connectivity index (χ3n) is 3.37. The first-order valence-corrected chi connectivity index (χ1v) is 6.72. The highest BCUT2D eigenvalue weighted by Crippen LogP contribution is 2.38. The van der Waals surface area contributed by atoms with Gasteiger partial charge >= 0.3 is 0 Å². The Morgan fingerprint density at radius 3 is 1.39 bits per heavy atom. The molecule has 0 spiro atoms. The summed E-state index contributed by atoms with van der Waals surface area (Å²) in [4.78, 5) is 0. The Bertz CT molecular complexity index is 365. The van der Waals surface area contributed by atoms with Gasteiger partial charge in [0.05, 0.1) is 0 Å². The van der Waals surface area contributed by atoms with Gasteiger partial charge < -0.3 is 0 Å². The molecule has 0 bridgehead atoms. The average molecular weight is 254 g/mol. The van der Waals surface area contributed by atoms with Gasteiger partial charge in [0.2, 0.25) is 0 Å². The minimum Gasteiger partial charge on any atom is -0.205 e. The molecule has 0 atom stereocenters. The summed E-state index contributed by atoms with van der Waals surface area (Å²) in [6.07, 6.45) is -2.39. The van der Waals surface area contributed by atoms with Crippen LogP contribution in [0.4, 0.5) is 8.78 Å². The normalized spacial score (nSPS) is 12.2. The number of hydrogen-bond donors (Lipinski definition) is 0. The molecule has 0 aliphatic rings. The lowest BCUT2D eigenvalue weighted by Gasteiger charge is -2.25. The van der Waals surface area contributed by atoms with E-state index in [0.29, 0.717) is 5.92 Å². The van der Waals surface area contributed by atoms with Gasteiger partial charge in [0.15, 0.2) is 0 Å². The predicted octanol–water partition coefficient (Wildman–Crippen LogP) is 5.99. The summed E-state index contributed by atoms with van der Waals surface area (Å²) in [6, 6.07) is 3.49. The maximum atomic E-state index is 13.2. The number of hydrogen-bond acceptors (Lipinski definition) is 0. The van der Waals surface area contributed by atoms with E-state index in [-0.39, 0.29) is 17.4 Å². The summed E-state index contributed by atoms with van der Waals surface area (Å²) in [6.45, 7) is 12.4. The maximum absolute atomic E-state index is 13.2. The Labute approximate surface area is 109 Å². The summed E-state index contributed by atoms with van der Waals surface area (Å²) < 4.78 is 26.3. The molecule has 0 aromatic heterocycles. The Kier molecular flexibility index (Phi) is 4.89. The molecule has 0 saturated carbocycles. The zero-order valence-electron chi connectivity index (χ0n) is 12.2. The molecule has 0 radical (unpaired) electrons. The van der Waals surface area contributed by atoms with Crippen molar-refractivity contribution in [2.45, 2.75) is 65.7 Å². The molecule has 2 heteroatoms. The van der Waals surface area contributed by atoms with Gasteiger partial charge in [-0.25, -0.2) is 8.78 Å². The van der Waals surface area contributed by atoms with Gasteiger partial charge in [-0.05, 0) is 34.4 Å². The fourth-order valence-corrected chi connectivity index (χ4v) is 2.65. The van der Waals surface area contributed by atoms with Crippen molar-refractivity contribution >= 4 is 0 Å². The first-order chi connectivity index (χ1) is 8.27. The van der Waals surface area contributed by atoms with Crippen LogP contribution in [0, 0.1) is 0 Å². The van der Waals surface area contributed by atoms with Gasteiger partial charge in [0, 0.05) is 5.56 Å². The van der Waals surface area contributed by atoms with E-state index in [0.717, 1.165) is 11.1 Å². The zero-order valence-corrected chi connectivity index (χ0v) is 12.2. The van der Waals surface area contributed by atoms with E-state index in [2.05, 4.69) is 27.7 Å². The number of alkyl halides is 2. The first kappa shape index (κ1) is 15.1. The Morgan fingerprint density at radius 1 is 0.667 bits per heavy atom. The molecule has 0 heterocycles. The van der Waals surface area contributed by atoms with Gasteiger partial charge in [-0.1, -0.05) is 53.7 Å². The number of halogens is 2. The first-order valence-electron chi connectivity index (χ1n) is 6.72. The summed E-state index contributed by atoms with van der Waals surface area (Å²) in [5.74, 6) is 0.773. The standard InChI is InChI=1S/C16H24F2/c1-9(2)12-7-8-13(16(17)18)15(11(5)6)14(12)10(3)4/h7-11,16H,1-6H3. The largest absolute Gasteiger partial charge is 0.264 e. The second kappa shape index (κ2) is 5.81. The van der Waals surface area contributed by atoms with Crippen LogP contribution >= 0.6 is 0 Å². The number of rotatable bonds is 4. The van der Waals surface area contributed by atoms with Crippen LogP contribution in [-0.4, -0.2) is 0 Å². The highest BCUT2D eigenvalue weighted by molar-refractivity contribution is 5.46. The van der Waals surface area contributed by atoms with Crippen LogP contribution in [0.1, 0.15) is 88.0 Å². The zero-order chi connectivity index (χ0) is 14.0. The monoisotopic (exact) mass is 254 g/mol. The van der Waals surface area contributed by atoms with E-state index in [1.807, 2.05) is 19.9 Å². The van der Waals surface area contributed by atoms with Crippen LogP contribution in [0.15, 0.2) is 12.1 Å². The third kappa shape index (κ3) is 2.90. The molecular formula is C16H24F2. The Morgan fingerprint density at radius 2 is 1.06 bits per heavy atom. The smallest absolute Gasteiger partial charge is 0.205 e. The van der Waals surface area contributed by atoms with Crippen molar-refractivity contribution in [3.05, 3.63) is 34.4 Å². The highest BCUT2D eigenvalue weighted by atomic mass is 19.3. The van der Waals surface area contributed by atoms with Crippen LogP contribution in [0.2, 0.25) is 0 Å². The molecule has 1 aromatic carbocycles. The Balaban J connectivity index is 3.60. The van der Waals surface area contributed by atoms with Crippen molar-refractivity contribution in [3.8, 4) is 0 Å². The SMILES string of the molecule is CC(C)c1ccc(C(F)F)c(C(C)C)c1C(C)C. The fourth-order valence-electron chi connectivity index (χ4n) is 2.65. The second-order valence-corrected chi connectivity index (χ2v) is 5.84. The second-order valence-electron chi connectivity index (χ2n) is 5.84. The lowest BCUT2D eigenvalue weighted by atomic mass is 9.81. The van der Waals surface area contributed by atoms with E-state index in [1.165, 1.54) is 5.56 Å². The van der Waals surface area contributed by atoms with Crippen LogP contribution in [0.5, 0.6) is 0 Å². The van der Waals surface area contributed by atoms with Crippen molar-refractivity contribution in [3.63, 3.8) is 0 Å². The number of benzene rings is 1. The van der Waals surface area contributed by atoms with Crippen LogP contribution < -0.4 is 0 Å². The molecule has 0 aliphatic carbocycles. The van der Waals surface area contributed by atoms with Crippen molar-refractivity contribution in [2.75, 3.05) is 0 Å². The molecule has 0 fully saturated rings. The van der Waals surface area contributed by atoms with Crippen molar-refractivity contribution < 1.29 is 8.78 Å². The van der Waals surface area contributed by atoms with Crippen molar-refractivity contribution in [1.82, 2.24) is 0 Å². The third-order valence-corrected chi connectivity index (χ3v) is 3.37.